The Morgan fingerprint density at radius 2 is 1.88 bits per heavy atom. The molecule has 8 nitrogen and oxygen atoms in total. The van der Waals surface area contributed by atoms with Crippen molar-refractivity contribution in [2.45, 2.75) is 13.8 Å². The molecule has 0 aliphatic carbocycles. The minimum Gasteiger partial charge on any atom is -0.354 e. The number of nitrogens with zero attached hydrogens (tertiary/aromatic N) is 6. The molecule has 1 N–H and O–H groups in total. The number of aromatic nitrogens is 4. The summed E-state index contributed by atoms with van der Waals surface area (Å²) in [5.74, 6) is 1.21. The van der Waals surface area contributed by atoms with E-state index in [1.807, 2.05) is 18.1 Å². The average molecular weight is 376 g/mol. The van der Waals surface area contributed by atoms with Crippen LogP contribution in [0.3, 0.4) is 0 Å². The number of halogens is 1. The maximum Gasteiger partial charge on any atom is 0.229 e. The monoisotopic (exact) mass is 375 g/mol. The first-order valence-corrected chi connectivity index (χ1v) is 8.92. The van der Waals surface area contributed by atoms with Gasteiger partial charge in [-0.15, -0.1) is 0 Å². The van der Waals surface area contributed by atoms with Gasteiger partial charge in [-0.1, -0.05) is 25.4 Å². The van der Waals surface area contributed by atoms with E-state index in [1.54, 1.807) is 17.1 Å². The van der Waals surface area contributed by atoms with Crippen LogP contribution in [0.15, 0.2) is 18.6 Å². The van der Waals surface area contributed by atoms with Gasteiger partial charge in [-0.3, -0.25) is 9.48 Å². The van der Waals surface area contributed by atoms with Crippen LogP contribution < -0.4 is 10.2 Å². The molecule has 0 bridgehead atoms. The largest absolute Gasteiger partial charge is 0.354 e. The maximum atomic E-state index is 11.2. The highest BCUT2D eigenvalue weighted by molar-refractivity contribution is 6.32. The summed E-state index contributed by atoms with van der Waals surface area (Å²) in [5.41, 5.74) is 0.845. The molecular formula is C17H22ClN7O. The van der Waals surface area contributed by atoms with Crippen molar-refractivity contribution in [1.82, 2.24) is 24.6 Å². The van der Waals surface area contributed by atoms with E-state index in [1.165, 1.54) is 0 Å². The van der Waals surface area contributed by atoms with Crippen molar-refractivity contribution < 1.29 is 4.79 Å². The summed E-state index contributed by atoms with van der Waals surface area (Å²) in [6.45, 7) is 7.59. The van der Waals surface area contributed by atoms with Crippen molar-refractivity contribution in [3.8, 4) is 0 Å². The molecule has 138 valence electrons. The first-order chi connectivity index (χ1) is 12.3. The van der Waals surface area contributed by atoms with Crippen LogP contribution in [0.4, 0.5) is 17.5 Å². The van der Waals surface area contributed by atoms with Crippen molar-refractivity contribution in [2.75, 3.05) is 36.4 Å². The summed E-state index contributed by atoms with van der Waals surface area (Å²) < 4.78 is 1.71. The zero-order valence-corrected chi connectivity index (χ0v) is 15.9. The van der Waals surface area contributed by atoms with Crippen LogP contribution in [-0.4, -0.2) is 57.2 Å². The van der Waals surface area contributed by atoms with E-state index < -0.39 is 0 Å². The van der Waals surface area contributed by atoms with Crippen molar-refractivity contribution in [3.63, 3.8) is 0 Å². The quantitative estimate of drug-likeness (QED) is 0.822. The molecule has 2 saturated heterocycles. The Balaban J connectivity index is 1.59. The van der Waals surface area contributed by atoms with Gasteiger partial charge in [-0.05, 0) is 0 Å². The Kier molecular flexibility index (Phi) is 3.83. The third kappa shape index (κ3) is 2.68. The molecule has 2 aliphatic rings. The Hall–Kier alpha value is -2.35. The lowest BCUT2D eigenvalue weighted by atomic mass is 9.71. The number of aryl methyl sites for hydroxylation is 1. The van der Waals surface area contributed by atoms with Crippen LogP contribution in [0, 0.1) is 10.8 Å². The van der Waals surface area contributed by atoms with Gasteiger partial charge in [-0.25, -0.2) is 4.98 Å². The van der Waals surface area contributed by atoms with Gasteiger partial charge in [0.05, 0.1) is 18.1 Å². The first kappa shape index (κ1) is 17.1. The number of anilines is 3. The molecule has 4 rings (SSSR count). The number of likely N-dealkylation sites (tertiary alicyclic amines) is 1. The fourth-order valence-corrected chi connectivity index (χ4v) is 4.40. The van der Waals surface area contributed by atoms with E-state index in [9.17, 15) is 4.79 Å². The highest BCUT2D eigenvalue weighted by Crippen LogP contribution is 2.52. The summed E-state index contributed by atoms with van der Waals surface area (Å²) in [7, 11) is 1.85. The number of carbonyl (C=O) groups is 1. The SMILES string of the molecule is Cn1cc(Nc2ncc(Cl)c(N3C[C@]4(C)CN(C=O)C[C@]4(C)C3)n2)cn1. The van der Waals surface area contributed by atoms with E-state index >= 15 is 0 Å². The third-order valence-corrected chi connectivity index (χ3v) is 6.04. The summed E-state index contributed by atoms with van der Waals surface area (Å²) in [5, 5.41) is 7.82. The van der Waals surface area contributed by atoms with Crippen molar-refractivity contribution >= 4 is 35.5 Å². The van der Waals surface area contributed by atoms with Crippen LogP contribution >= 0.6 is 11.6 Å². The molecule has 2 atom stereocenters. The Labute approximate surface area is 157 Å². The van der Waals surface area contributed by atoms with Gasteiger partial charge in [0, 0.05) is 50.3 Å². The third-order valence-electron chi connectivity index (χ3n) is 5.78. The number of hydrogen-bond donors (Lipinski definition) is 1. The second kappa shape index (κ2) is 5.84. The normalized spacial score (nSPS) is 27.7. The molecule has 0 unspecified atom stereocenters. The maximum absolute atomic E-state index is 11.2. The van der Waals surface area contributed by atoms with Crippen molar-refractivity contribution in [2.24, 2.45) is 17.9 Å². The van der Waals surface area contributed by atoms with E-state index in [0.29, 0.717) is 11.0 Å². The number of rotatable bonds is 4. The molecule has 1 amide bonds. The van der Waals surface area contributed by atoms with Crippen LogP contribution in [0.25, 0.3) is 0 Å². The number of nitrogens with one attached hydrogen (secondary N) is 1. The average Bonchev–Trinajstić information content (AvgIpc) is 3.17. The zero-order valence-electron chi connectivity index (χ0n) is 15.1. The Bertz CT molecular complexity index is 835. The molecule has 9 heteroatoms. The molecule has 2 aromatic rings. The molecule has 4 heterocycles. The number of hydrogen-bond acceptors (Lipinski definition) is 6. The lowest BCUT2D eigenvalue weighted by molar-refractivity contribution is -0.117. The molecule has 2 aromatic heterocycles. The zero-order chi connectivity index (χ0) is 18.5. The lowest BCUT2D eigenvalue weighted by Gasteiger charge is -2.29. The highest BCUT2D eigenvalue weighted by Gasteiger charge is 2.57. The minimum atomic E-state index is 0.0130. The second-order valence-electron chi connectivity index (χ2n) is 7.88. The van der Waals surface area contributed by atoms with E-state index in [0.717, 1.165) is 44.1 Å². The van der Waals surface area contributed by atoms with E-state index in [4.69, 9.17) is 11.6 Å². The molecule has 0 radical (unpaired) electrons. The van der Waals surface area contributed by atoms with Crippen molar-refractivity contribution in [1.29, 1.82) is 0 Å². The fourth-order valence-electron chi connectivity index (χ4n) is 4.19. The first-order valence-electron chi connectivity index (χ1n) is 8.54. The lowest BCUT2D eigenvalue weighted by Crippen LogP contribution is -2.34. The van der Waals surface area contributed by atoms with Crippen LogP contribution in [0.2, 0.25) is 5.02 Å². The Morgan fingerprint density at radius 1 is 1.19 bits per heavy atom. The van der Waals surface area contributed by atoms with Crippen LogP contribution in [0.5, 0.6) is 0 Å². The predicted molar refractivity (Wildman–Crippen MR) is 99.6 cm³/mol. The molecule has 2 aliphatic heterocycles. The van der Waals surface area contributed by atoms with Gasteiger partial charge in [-0.2, -0.15) is 10.1 Å². The minimum absolute atomic E-state index is 0.0130. The summed E-state index contributed by atoms with van der Waals surface area (Å²) in [4.78, 5) is 24.2. The van der Waals surface area contributed by atoms with Gasteiger partial charge in [0.2, 0.25) is 12.4 Å². The summed E-state index contributed by atoms with van der Waals surface area (Å²) in [6.07, 6.45) is 6.15. The number of fused-ring (bicyclic) bond motifs is 1. The molecule has 0 saturated carbocycles. The predicted octanol–water partition coefficient (Wildman–Crippen LogP) is 1.91. The molecule has 2 fully saturated rings. The van der Waals surface area contributed by atoms with Gasteiger partial charge in [0.15, 0.2) is 5.82 Å². The van der Waals surface area contributed by atoms with Crippen LogP contribution in [0.1, 0.15) is 13.8 Å². The van der Waals surface area contributed by atoms with E-state index in [-0.39, 0.29) is 10.8 Å². The topological polar surface area (TPSA) is 79.2 Å². The second-order valence-corrected chi connectivity index (χ2v) is 8.29. The smallest absolute Gasteiger partial charge is 0.229 e. The molecule has 0 aromatic carbocycles. The number of amides is 1. The van der Waals surface area contributed by atoms with Crippen molar-refractivity contribution in [3.05, 3.63) is 23.6 Å². The van der Waals surface area contributed by atoms with Crippen LogP contribution in [-0.2, 0) is 11.8 Å². The van der Waals surface area contributed by atoms with Gasteiger partial charge >= 0.3 is 0 Å². The summed E-state index contributed by atoms with van der Waals surface area (Å²) >= 11 is 6.41. The number of carbonyl (C=O) groups excluding carboxylic acids is 1. The molecule has 0 spiro atoms. The highest BCUT2D eigenvalue weighted by atomic mass is 35.5. The van der Waals surface area contributed by atoms with Gasteiger partial charge in [0.1, 0.15) is 5.02 Å². The molecule has 26 heavy (non-hydrogen) atoms. The summed E-state index contributed by atoms with van der Waals surface area (Å²) in [6, 6.07) is 0. The standard InChI is InChI=1S/C17H22ClN7O/c1-16-7-24(11-26)8-17(16,2)10-25(9-16)14-13(18)5-19-15(22-14)21-12-4-20-23(3)6-12/h4-6,11H,7-10H2,1-3H3,(H,19,21,22)/t16-,17+. The van der Waals surface area contributed by atoms with Gasteiger partial charge < -0.3 is 15.1 Å². The molecular weight excluding hydrogens is 354 g/mol. The van der Waals surface area contributed by atoms with E-state index in [2.05, 4.69) is 39.1 Å². The van der Waals surface area contributed by atoms with Gasteiger partial charge in [0.25, 0.3) is 0 Å². The fraction of sp³-hybridized carbons (Fsp3) is 0.529. The Morgan fingerprint density at radius 3 is 2.46 bits per heavy atom.